The molecule has 2 aromatic carbocycles. The average Bonchev–Trinajstić information content (AvgIpc) is 2.46. The highest BCUT2D eigenvalue weighted by Crippen LogP contribution is 2.26. The van der Waals surface area contributed by atoms with Crippen molar-refractivity contribution in [2.75, 3.05) is 5.32 Å². The second kappa shape index (κ2) is 6.39. The van der Waals surface area contributed by atoms with E-state index in [0.29, 0.717) is 0 Å². The van der Waals surface area contributed by atoms with E-state index >= 15 is 0 Å². The highest BCUT2D eigenvalue weighted by molar-refractivity contribution is 5.89. The third kappa shape index (κ3) is 3.60. The maximum atomic E-state index is 13.3. The van der Waals surface area contributed by atoms with Crippen LogP contribution in [0.15, 0.2) is 42.5 Å². The van der Waals surface area contributed by atoms with E-state index in [2.05, 4.69) is 5.32 Å². The molecule has 0 radical (unpaired) electrons. The van der Waals surface area contributed by atoms with Crippen molar-refractivity contribution in [2.45, 2.75) is 26.3 Å². The quantitative estimate of drug-likeness (QED) is 0.857. The van der Waals surface area contributed by atoms with Gasteiger partial charge in [-0.2, -0.15) is 0 Å². The molecule has 0 bridgehead atoms. The molecule has 0 saturated carbocycles. The molecule has 0 spiro atoms. The van der Waals surface area contributed by atoms with E-state index in [1.54, 1.807) is 24.3 Å². The molecule has 1 atom stereocenters. The first-order chi connectivity index (χ1) is 10.0. The van der Waals surface area contributed by atoms with E-state index < -0.39 is 5.97 Å². The van der Waals surface area contributed by atoms with Crippen molar-refractivity contribution >= 4 is 11.7 Å². The van der Waals surface area contributed by atoms with Crippen molar-refractivity contribution in [1.29, 1.82) is 0 Å². The minimum absolute atomic E-state index is 0.0663. The number of aromatic carboxylic acids is 1. The number of carboxylic acids is 1. The van der Waals surface area contributed by atoms with Crippen LogP contribution in [0.5, 0.6) is 0 Å². The molecular weight excluding hydrogens is 269 g/mol. The largest absolute Gasteiger partial charge is 0.478 e. The van der Waals surface area contributed by atoms with Crippen molar-refractivity contribution < 1.29 is 14.3 Å². The Morgan fingerprint density at radius 3 is 2.67 bits per heavy atom. The van der Waals surface area contributed by atoms with Crippen molar-refractivity contribution in [1.82, 2.24) is 0 Å². The Hall–Kier alpha value is -2.36. The lowest BCUT2D eigenvalue weighted by molar-refractivity contribution is 0.0697. The number of halogens is 1. The maximum Gasteiger partial charge on any atom is 0.335 e. The first kappa shape index (κ1) is 15.0. The van der Waals surface area contributed by atoms with Crippen LogP contribution >= 0.6 is 0 Å². The summed E-state index contributed by atoms with van der Waals surface area (Å²) in [5.74, 6) is -1.24. The second-order valence-electron chi connectivity index (χ2n) is 5.00. The van der Waals surface area contributed by atoms with Gasteiger partial charge in [0.15, 0.2) is 0 Å². The summed E-state index contributed by atoms with van der Waals surface area (Å²) in [6, 6.07) is 11.3. The van der Waals surface area contributed by atoms with Gasteiger partial charge in [0.2, 0.25) is 0 Å². The molecule has 0 aliphatic carbocycles. The van der Waals surface area contributed by atoms with Gasteiger partial charge in [0.1, 0.15) is 5.82 Å². The van der Waals surface area contributed by atoms with Crippen molar-refractivity contribution in [3.63, 3.8) is 0 Å². The zero-order valence-electron chi connectivity index (χ0n) is 12.1. The predicted molar refractivity (Wildman–Crippen MR) is 81.2 cm³/mol. The van der Waals surface area contributed by atoms with Crippen LogP contribution in [0.2, 0.25) is 0 Å². The van der Waals surface area contributed by atoms with Gasteiger partial charge < -0.3 is 10.4 Å². The molecular formula is C17H18FNO2. The molecule has 110 valence electrons. The smallest absolute Gasteiger partial charge is 0.335 e. The summed E-state index contributed by atoms with van der Waals surface area (Å²) in [5.41, 5.74) is 2.79. The highest BCUT2D eigenvalue weighted by Gasteiger charge is 2.13. The lowest BCUT2D eigenvalue weighted by Gasteiger charge is -2.20. The van der Waals surface area contributed by atoms with E-state index in [1.165, 1.54) is 12.1 Å². The molecule has 21 heavy (non-hydrogen) atoms. The number of anilines is 1. The Bertz CT molecular complexity index is 655. The Labute approximate surface area is 123 Å². The van der Waals surface area contributed by atoms with Gasteiger partial charge in [-0.1, -0.05) is 25.1 Å². The fourth-order valence-electron chi connectivity index (χ4n) is 2.24. The highest BCUT2D eigenvalue weighted by atomic mass is 19.1. The topological polar surface area (TPSA) is 49.3 Å². The van der Waals surface area contributed by atoms with Crippen LogP contribution in [0.25, 0.3) is 0 Å². The number of nitrogens with one attached hydrogen (secondary N) is 1. The summed E-state index contributed by atoms with van der Waals surface area (Å²) in [7, 11) is 0. The number of hydrogen-bond acceptors (Lipinski definition) is 2. The number of benzene rings is 2. The third-order valence-electron chi connectivity index (χ3n) is 3.47. The molecule has 0 fully saturated rings. The number of aryl methyl sites for hydroxylation is 1. The van der Waals surface area contributed by atoms with Crippen LogP contribution in [-0.4, -0.2) is 11.1 Å². The van der Waals surface area contributed by atoms with Crippen LogP contribution in [0.4, 0.5) is 10.1 Å². The summed E-state index contributed by atoms with van der Waals surface area (Å²) in [4.78, 5) is 11.1. The van der Waals surface area contributed by atoms with Gasteiger partial charge in [-0.15, -0.1) is 0 Å². The summed E-state index contributed by atoms with van der Waals surface area (Å²) >= 11 is 0. The molecule has 0 aliphatic heterocycles. The normalized spacial score (nSPS) is 12.0. The molecule has 0 aromatic heterocycles. The zero-order chi connectivity index (χ0) is 15.4. The van der Waals surface area contributed by atoms with E-state index in [-0.39, 0.29) is 17.4 Å². The molecule has 0 heterocycles. The molecule has 0 aliphatic rings. The van der Waals surface area contributed by atoms with Gasteiger partial charge in [-0.3, -0.25) is 0 Å². The van der Waals surface area contributed by atoms with Crippen LogP contribution in [0, 0.1) is 12.7 Å². The molecule has 0 saturated heterocycles. The Balaban J connectivity index is 2.30. The fraction of sp³-hybridized carbons (Fsp3) is 0.235. The SMILES string of the molecule is CCC(Nc1cc(C(=O)O)ccc1C)c1cccc(F)c1. The molecule has 2 N–H and O–H groups in total. The van der Waals surface area contributed by atoms with Crippen LogP contribution < -0.4 is 5.32 Å². The summed E-state index contributed by atoms with van der Waals surface area (Å²) in [6.07, 6.45) is 0.764. The Morgan fingerprint density at radius 2 is 2.05 bits per heavy atom. The van der Waals surface area contributed by atoms with Gasteiger partial charge in [-0.05, 0) is 48.7 Å². The predicted octanol–water partition coefficient (Wildman–Crippen LogP) is 4.40. The third-order valence-corrected chi connectivity index (χ3v) is 3.47. The van der Waals surface area contributed by atoms with Crippen LogP contribution in [0.3, 0.4) is 0 Å². The summed E-state index contributed by atoms with van der Waals surface area (Å²) < 4.78 is 13.3. The van der Waals surface area contributed by atoms with E-state index in [0.717, 1.165) is 23.2 Å². The first-order valence-corrected chi connectivity index (χ1v) is 6.87. The zero-order valence-corrected chi connectivity index (χ0v) is 12.1. The van der Waals surface area contributed by atoms with E-state index in [4.69, 9.17) is 5.11 Å². The number of hydrogen-bond donors (Lipinski definition) is 2. The minimum Gasteiger partial charge on any atom is -0.478 e. The standard InChI is InChI=1S/C17H18FNO2/c1-3-15(12-5-4-6-14(18)9-12)19-16-10-13(17(20)21)8-7-11(16)2/h4-10,15,19H,3H2,1-2H3,(H,20,21). The number of rotatable bonds is 5. The van der Waals surface area contributed by atoms with Gasteiger partial charge >= 0.3 is 5.97 Å². The van der Waals surface area contributed by atoms with E-state index in [1.807, 2.05) is 19.9 Å². The molecule has 0 amide bonds. The van der Waals surface area contributed by atoms with Crippen molar-refractivity contribution in [3.8, 4) is 0 Å². The Kier molecular flexibility index (Phi) is 4.58. The van der Waals surface area contributed by atoms with Crippen LogP contribution in [0.1, 0.15) is 40.9 Å². The number of carbonyl (C=O) groups is 1. The maximum absolute atomic E-state index is 13.3. The second-order valence-corrected chi connectivity index (χ2v) is 5.00. The molecule has 2 rings (SSSR count). The molecule has 4 heteroatoms. The minimum atomic E-state index is -0.961. The summed E-state index contributed by atoms with van der Waals surface area (Å²) in [5, 5.41) is 12.4. The Morgan fingerprint density at radius 1 is 1.29 bits per heavy atom. The molecule has 2 aromatic rings. The lowest BCUT2D eigenvalue weighted by Crippen LogP contribution is -2.11. The first-order valence-electron chi connectivity index (χ1n) is 6.87. The van der Waals surface area contributed by atoms with Gasteiger partial charge in [0.25, 0.3) is 0 Å². The fourth-order valence-corrected chi connectivity index (χ4v) is 2.24. The monoisotopic (exact) mass is 287 g/mol. The van der Waals surface area contributed by atoms with Crippen molar-refractivity contribution in [3.05, 3.63) is 65.0 Å². The van der Waals surface area contributed by atoms with Gasteiger partial charge in [-0.25, -0.2) is 9.18 Å². The summed E-state index contributed by atoms with van der Waals surface area (Å²) in [6.45, 7) is 3.91. The molecule has 3 nitrogen and oxygen atoms in total. The van der Waals surface area contributed by atoms with Gasteiger partial charge in [0, 0.05) is 5.69 Å². The van der Waals surface area contributed by atoms with Crippen LogP contribution in [-0.2, 0) is 0 Å². The molecule has 1 unspecified atom stereocenters. The average molecular weight is 287 g/mol. The lowest BCUT2D eigenvalue weighted by atomic mass is 10.0. The van der Waals surface area contributed by atoms with E-state index in [9.17, 15) is 9.18 Å². The van der Waals surface area contributed by atoms with Gasteiger partial charge in [0.05, 0.1) is 11.6 Å². The van der Waals surface area contributed by atoms with Crippen molar-refractivity contribution in [2.24, 2.45) is 0 Å². The number of carboxylic acid groups (broad SMARTS) is 1.